The van der Waals surface area contributed by atoms with Gasteiger partial charge in [0.25, 0.3) is 0 Å². The predicted molar refractivity (Wildman–Crippen MR) is 121 cm³/mol. The molecule has 0 aliphatic carbocycles. The summed E-state index contributed by atoms with van der Waals surface area (Å²) in [6, 6.07) is 23.8. The van der Waals surface area contributed by atoms with Gasteiger partial charge in [-0.3, -0.25) is 0 Å². The fourth-order valence-corrected chi connectivity index (χ4v) is 3.21. The first-order valence-electron chi connectivity index (χ1n) is 9.92. The van der Waals surface area contributed by atoms with Gasteiger partial charge in [-0.1, -0.05) is 59.7 Å². The molecule has 4 heteroatoms. The van der Waals surface area contributed by atoms with Crippen LogP contribution >= 0.6 is 0 Å². The summed E-state index contributed by atoms with van der Waals surface area (Å²) in [5.74, 6) is 0.439. The molecule has 0 radical (unpaired) electrons. The molecule has 4 rings (SSSR count). The maximum absolute atomic E-state index is 11.5. The largest absolute Gasteiger partial charge is 0.468 e. The predicted octanol–water partition coefficient (Wildman–Crippen LogP) is 5.80. The van der Waals surface area contributed by atoms with E-state index in [0.29, 0.717) is 17.9 Å². The highest BCUT2D eigenvalue weighted by molar-refractivity contribution is 5.95. The molecule has 1 N–H and O–H groups in total. The first kappa shape index (κ1) is 21.3. The van der Waals surface area contributed by atoms with Gasteiger partial charge in [0.2, 0.25) is 0 Å². The zero-order valence-electron chi connectivity index (χ0n) is 17.5. The van der Waals surface area contributed by atoms with Crippen molar-refractivity contribution < 1.29 is 19.4 Å². The molecule has 0 unspecified atom stereocenters. The lowest BCUT2D eigenvalue weighted by atomic mass is 10.0. The second kappa shape index (κ2) is 9.90. The molecule has 0 saturated heterocycles. The number of fused-ring (bicyclic) bond motifs is 2. The molecule has 0 heterocycles. The highest BCUT2D eigenvalue weighted by atomic mass is 16.6. The van der Waals surface area contributed by atoms with Gasteiger partial charge in [0.15, 0.2) is 6.79 Å². The summed E-state index contributed by atoms with van der Waals surface area (Å²) in [7, 11) is 0. The highest BCUT2D eigenvalue weighted by Crippen LogP contribution is 2.21. The molecule has 0 saturated carbocycles. The van der Waals surface area contributed by atoms with E-state index < -0.39 is 0 Å². The van der Waals surface area contributed by atoms with Crippen LogP contribution in [0.25, 0.3) is 21.5 Å². The minimum atomic E-state index is -0.280. The molecule has 154 valence electrons. The molecular formula is C26H26O4. The van der Waals surface area contributed by atoms with E-state index in [1.165, 1.54) is 16.5 Å². The molecule has 4 nitrogen and oxygen atoms in total. The number of carbonyl (C=O) groups is 1. The quantitative estimate of drug-likeness (QED) is 0.346. The summed E-state index contributed by atoms with van der Waals surface area (Å²) in [5, 5.41) is 13.1. The Morgan fingerprint density at radius 2 is 1.30 bits per heavy atom. The molecule has 30 heavy (non-hydrogen) atoms. The van der Waals surface area contributed by atoms with E-state index in [1.807, 2.05) is 49.4 Å². The number of hydrogen-bond donors (Lipinski definition) is 1. The smallest absolute Gasteiger partial charge is 0.338 e. The number of aliphatic hydroxyl groups excluding tert-OH is 1. The summed E-state index contributed by atoms with van der Waals surface area (Å²) in [4.78, 5) is 11.5. The Kier molecular flexibility index (Phi) is 7.04. The van der Waals surface area contributed by atoms with Crippen LogP contribution in [0.1, 0.15) is 28.4 Å². The van der Waals surface area contributed by atoms with Gasteiger partial charge in [-0.05, 0) is 66.6 Å². The third-order valence-corrected chi connectivity index (χ3v) is 4.71. The molecule has 4 aromatic rings. The Bertz CT molecular complexity index is 1160. The lowest BCUT2D eigenvalue weighted by Crippen LogP contribution is -2.04. The third-order valence-electron chi connectivity index (χ3n) is 4.71. The number of aryl methyl sites for hydroxylation is 2. The van der Waals surface area contributed by atoms with Gasteiger partial charge in [-0.25, -0.2) is 4.79 Å². The van der Waals surface area contributed by atoms with E-state index in [9.17, 15) is 4.79 Å². The Hall–Kier alpha value is -3.37. The van der Waals surface area contributed by atoms with Crippen molar-refractivity contribution in [2.75, 3.05) is 13.4 Å². The first-order chi connectivity index (χ1) is 14.5. The van der Waals surface area contributed by atoms with Crippen molar-refractivity contribution in [3.05, 3.63) is 89.5 Å². The van der Waals surface area contributed by atoms with Gasteiger partial charge < -0.3 is 14.6 Å². The van der Waals surface area contributed by atoms with Crippen molar-refractivity contribution in [3.63, 3.8) is 0 Å². The average Bonchev–Trinajstić information content (AvgIpc) is 2.74. The van der Waals surface area contributed by atoms with Gasteiger partial charge in [-0.15, -0.1) is 0 Å². The average molecular weight is 402 g/mol. The van der Waals surface area contributed by atoms with Gasteiger partial charge >= 0.3 is 5.97 Å². The molecule has 4 aromatic carbocycles. The zero-order valence-corrected chi connectivity index (χ0v) is 17.5. The van der Waals surface area contributed by atoms with E-state index in [-0.39, 0.29) is 12.8 Å². The highest BCUT2D eigenvalue weighted by Gasteiger charge is 2.06. The maximum Gasteiger partial charge on any atom is 0.338 e. The molecule has 0 amide bonds. The molecule has 0 fully saturated rings. The Morgan fingerprint density at radius 3 is 1.90 bits per heavy atom. The second-order valence-electron chi connectivity index (χ2n) is 7.07. The summed E-state index contributed by atoms with van der Waals surface area (Å²) < 4.78 is 9.96. The van der Waals surface area contributed by atoms with E-state index in [4.69, 9.17) is 14.6 Å². The van der Waals surface area contributed by atoms with Crippen LogP contribution in [0.5, 0.6) is 5.75 Å². The standard InChI is InChI=1S/C14H14O2.C12H12O2/c1-3-16-14(15)13-7-6-11-8-10(2)4-5-12(11)9-13;1-9-2-3-11-7-12(14-8-13)5-4-10(11)6-9/h4-9H,3H2,1-2H3;2-7,13H,8H2,1H3. The minimum Gasteiger partial charge on any atom is -0.468 e. The molecule has 0 spiro atoms. The number of rotatable bonds is 4. The summed E-state index contributed by atoms with van der Waals surface area (Å²) >= 11 is 0. The van der Waals surface area contributed by atoms with Crippen molar-refractivity contribution in [2.24, 2.45) is 0 Å². The van der Waals surface area contributed by atoms with Crippen LogP contribution in [0, 0.1) is 13.8 Å². The zero-order chi connectivity index (χ0) is 21.5. The van der Waals surface area contributed by atoms with Crippen molar-refractivity contribution in [1.82, 2.24) is 0 Å². The van der Waals surface area contributed by atoms with E-state index in [0.717, 1.165) is 16.2 Å². The van der Waals surface area contributed by atoms with E-state index in [2.05, 4.69) is 38.1 Å². The second-order valence-corrected chi connectivity index (χ2v) is 7.07. The normalized spacial score (nSPS) is 10.4. The number of aliphatic hydroxyl groups is 1. The van der Waals surface area contributed by atoms with Crippen LogP contribution in [0.3, 0.4) is 0 Å². The van der Waals surface area contributed by atoms with Gasteiger partial charge in [-0.2, -0.15) is 0 Å². The SMILES string of the molecule is CCOC(=O)c1ccc2cc(C)ccc2c1.Cc1ccc2cc(OCO)ccc2c1. The van der Waals surface area contributed by atoms with Crippen LogP contribution in [0.4, 0.5) is 0 Å². The Balaban J connectivity index is 0.000000172. The fourth-order valence-electron chi connectivity index (χ4n) is 3.21. The van der Waals surface area contributed by atoms with Gasteiger partial charge in [0, 0.05) is 0 Å². The number of carbonyl (C=O) groups excluding carboxylic acids is 1. The number of ether oxygens (including phenoxy) is 2. The Morgan fingerprint density at radius 1 is 0.767 bits per heavy atom. The summed E-state index contributed by atoms with van der Waals surface area (Å²) in [6.07, 6.45) is 0. The molecule has 0 bridgehead atoms. The monoisotopic (exact) mass is 402 g/mol. The minimum absolute atomic E-state index is 0.259. The van der Waals surface area contributed by atoms with E-state index >= 15 is 0 Å². The maximum atomic E-state index is 11.5. The van der Waals surface area contributed by atoms with Crippen molar-refractivity contribution in [2.45, 2.75) is 20.8 Å². The van der Waals surface area contributed by atoms with Crippen LogP contribution in [-0.4, -0.2) is 24.5 Å². The molecular weight excluding hydrogens is 376 g/mol. The van der Waals surface area contributed by atoms with Crippen LogP contribution in [0.2, 0.25) is 0 Å². The molecule has 0 aliphatic rings. The van der Waals surface area contributed by atoms with Crippen molar-refractivity contribution in [3.8, 4) is 5.75 Å². The number of esters is 1. The van der Waals surface area contributed by atoms with Crippen LogP contribution < -0.4 is 4.74 Å². The lowest BCUT2D eigenvalue weighted by Gasteiger charge is -2.04. The first-order valence-corrected chi connectivity index (χ1v) is 9.92. The van der Waals surface area contributed by atoms with Crippen molar-refractivity contribution in [1.29, 1.82) is 0 Å². The van der Waals surface area contributed by atoms with E-state index in [1.54, 1.807) is 6.07 Å². The summed E-state index contributed by atoms with van der Waals surface area (Å²) in [6.45, 7) is 6.06. The van der Waals surface area contributed by atoms with Gasteiger partial charge in [0.05, 0.1) is 12.2 Å². The number of benzene rings is 4. The summed E-state index contributed by atoms with van der Waals surface area (Å²) in [5.41, 5.74) is 3.07. The van der Waals surface area contributed by atoms with Crippen molar-refractivity contribution >= 4 is 27.5 Å². The molecule has 0 atom stereocenters. The topological polar surface area (TPSA) is 55.8 Å². The third kappa shape index (κ3) is 5.37. The van der Waals surface area contributed by atoms with Crippen LogP contribution in [-0.2, 0) is 4.74 Å². The lowest BCUT2D eigenvalue weighted by molar-refractivity contribution is 0.0526. The fraction of sp³-hybridized carbons (Fsp3) is 0.192. The molecule has 0 aliphatic heterocycles. The Labute approximate surface area is 176 Å². The molecule has 0 aromatic heterocycles. The number of hydrogen-bond acceptors (Lipinski definition) is 4. The van der Waals surface area contributed by atoms with Crippen LogP contribution in [0.15, 0.2) is 72.8 Å². The van der Waals surface area contributed by atoms with Gasteiger partial charge in [0.1, 0.15) is 5.75 Å².